The second-order valence-electron chi connectivity index (χ2n) is 5.52. The molecule has 0 aromatic heterocycles. The predicted molar refractivity (Wildman–Crippen MR) is 94.7 cm³/mol. The molecule has 7 nitrogen and oxygen atoms in total. The Hall–Kier alpha value is -2.09. The quantitative estimate of drug-likeness (QED) is 0.720. The van der Waals surface area contributed by atoms with Crippen LogP contribution in [0.4, 0.5) is 4.79 Å². The molecular weight excluding hydrogens is 344 g/mol. The van der Waals surface area contributed by atoms with E-state index in [9.17, 15) is 18.0 Å². The third-order valence-corrected chi connectivity index (χ3v) is 5.34. The van der Waals surface area contributed by atoms with Crippen LogP contribution in [0.15, 0.2) is 29.2 Å². The number of sulfonamides is 1. The van der Waals surface area contributed by atoms with E-state index in [0.717, 1.165) is 25.5 Å². The van der Waals surface area contributed by atoms with E-state index < -0.39 is 16.1 Å². The minimum Gasteiger partial charge on any atom is -0.449 e. The minimum atomic E-state index is -3.93. The van der Waals surface area contributed by atoms with Crippen LogP contribution in [-0.4, -0.2) is 44.9 Å². The normalized spacial score (nSPS) is 11.0. The van der Waals surface area contributed by atoms with Crippen LogP contribution < -0.4 is 5.32 Å². The molecule has 0 saturated carbocycles. The molecule has 1 aromatic rings. The number of unbranched alkanes of at least 4 members (excludes halogenated alkanes) is 1. The summed E-state index contributed by atoms with van der Waals surface area (Å²) in [6.45, 7) is 4.23. The van der Waals surface area contributed by atoms with Gasteiger partial charge in [0.1, 0.15) is 0 Å². The maximum atomic E-state index is 12.3. The van der Waals surface area contributed by atoms with Crippen LogP contribution in [0.25, 0.3) is 0 Å². The lowest BCUT2D eigenvalue weighted by Gasteiger charge is -2.17. The van der Waals surface area contributed by atoms with Gasteiger partial charge in [-0.3, -0.25) is 4.79 Å². The van der Waals surface area contributed by atoms with Gasteiger partial charge in [0.05, 0.1) is 11.5 Å². The summed E-state index contributed by atoms with van der Waals surface area (Å²) in [5.74, 6) is 0.0251. The maximum Gasteiger partial charge on any atom is 0.423 e. The van der Waals surface area contributed by atoms with Crippen molar-refractivity contribution in [2.24, 2.45) is 0 Å². The standard InChI is InChI=1S/C17H26N2O5S/c1-4-6-7-16(20)18-13-12-14-8-10-15(11-9-14)25(22,23)19(3)17(21)24-5-2/h8-11H,4-7,12-13H2,1-3H3,(H,18,20). The zero-order valence-electron chi connectivity index (χ0n) is 14.9. The molecule has 140 valence electrons. The fourth-order valence-electron chi connectivity index (χ4n) is 2.07. The molecule has 0 atom stereocenters. The molecule has 0 fully saturated rings. The molecule has 1 aromatic carbocycles. The Labute approximate surface area is 149 Å². The highest BCUT2D eigenvalue weighted by Crippen LogP contribution is 2.16. The number of hydrogen-bond acceptors (Lipinski definition) is 5. The molecule has 25 heavy (non-hydrogen) atoms. The van der Waals surface area contributed by atoms with Gasteiger partial charge in [-0.05, 0) is 37.5 Å². The number of rotatable bonds is 9. The summed E-state index contributed by atoms with van der Waals surface area (Å²) in [5.41, 5.74) is 0.897. The van der Waals surface area contributed by atoms with Crippen LogP contribution in [0.2, 0.25) is 0 Å². The number of ether oxygens (including phenoxy) is 1. The van der Waals surface area contributed by atoms with E-state index in [1.165, 1.54) is 12.1 Å². The molecule has 0 aliphatic rings. The van der Waals surface area contributed by atoms with Crippen molar-refractivity contribution >= 4 is 22.0 Å². The lowest BCUT2D eigenvalue weighted by Crippen LogP contribution is -2.33. The lowest BCUT2D eigenvalue weighted by molar-refractivity contribution is -0.121. The van der Waals surface area contributed by atoms with Crippen molar-refractivity contribution in [3.8, 4) is 0 Å². The van der Waals surface area contributed by atoms with Crippen LogP contribution in [0.5, 0.6) is 0 Å². The van der Waals surface area contributed by atoms with Gasteiger partial charge in [-0.2, -0.15) is 0 Å². The topological polar surface area (TPSA) is 92.8 Å². The summed E-state index contributed by atoms with van der Waals surface area (Å²) in [5, 5.41) is 2.83. The molecule has 0 heterocycles. The number of nitrogens with one attached hydrogen (secondary N) is 1. The summed E-state index contributed by atoms with van der Waals surface area (Å²) >= 11 is 0. The largest absolute Gasteiger partial charge is 0.449 e. The number of carbonyl (C=O) groups excluding carboxylic acids is 2. The zero-order valence-corrected chi connectivity index (χ0v) is 15.8. The van der Waals surface area contributed by atoms with Gasteiger partial charge < -0.3 is 10.1 Å². The number of hydrogen-bond donors (Lipinski definition) is 1. The maximum absolute atomic E-state index is 12.3. The van der Waals surface area contributed by atoms with Crippen molar-refractivity contribution in [1.29, 1.82) is 0 Å². The molecule has 8 heteroatoms. The first-order chi connectivity index (χ1) is 11.8. The first-order valence-electron chi connectivity index (χ1n) is 8.34. The number of amides is 2. The van der Waals surface area contributed by atoms with Crippen LogP contribution in [0, 0.1) is 0 Å². The van der Waals surface area contributed by atoms with E-state index in [1.807, 2.05) is 6.92 Å². The van der Waals surface area contributed by atoms with Crippen LogP contribution in [0.1, 0.15) is 38.7 Å². The van der Waals surface area contributed by atoms with E-state index in [0.29, 0.717) is 23.7 Å². The van der Waals surface area contributed by atoms with Crippen molar-refractivity contribution in [2.75, 3.05) is 20.2 Å². The first kappa shape index (κ1) is 21.0. The second kappa shape index (κ2) is 10.0. The molecule has 0 spiro atoms. The Morgan fingerprint density at radius 1 is 1.16 bits per heavy atom. The van der Waals surface area contributed by atoms with Gasteiger partial charge in [-0.1, -0.05) is 25.5 Å². The average Bonchev–Trinajstić information content (AvgIpc) is 2.60. The minimum absolute atomic E-state index is 0.0128. The highest BCUT2D eigenvalue weighted by Gasteiger charge is 2.26. The van der Waals surface area contributed by atoms with Gasteiger partial charge in [-0.25, -0.2) is 17.5 Å². The van der Waals surface area contributed by atoms with Gasteiger partial charge in [-0.15, -0.1) is 0 Å². The van der Waals surface area contributed by atoms with E-state index in [2.05, 4.69) is 5.32 Å². The average molecular weight is 370 g/mol. The van der Waals surface area contributed by atoms with Crippen molar-refractivity contribution < 1.29 is 22.7 Å². The third kappa shape index (κ3) is 6.38. The molecule has 0 saturated heterocycles. The molecule has 1 N–H and O–H groups in total. The summed E-state index contributed by atoms with van der Waals surface area (Å²) in [6, 6.07) is 6.23. The molecular formula is C17H26N2O5S. The first-order valence-corrected chi connectivity index (χ1v) is 9.78. The van der Waals surface area contributed by atoms with Crippen molar-refractivity contribution in [3.05, 3.63) is 29.8 Å². The van der Waals surface area contributed by atoms with E-state index in [4.69, 9.17) is 4.74 Å². The van der Waals surface area contributed by atoms with Crippen LogP contribution in [0.3, 0.4) is 0 Å². The molecule has 1 rings (SSSR count). The fraction of sp³-hybridized carbons (Fsp3) is 0.529. The molecule has 0 bridgehead atoms. The van der Waals surface area contributed by atoms with Crippen molar-refractivity contribution in [1.82, 2.24) is 9.62 Å². The van der Waals surface area contributed by atoms with Gasteiger partial charge in [0.2, 0.25) is 5.91 Å². The molecule has 0 radical (unpaired) electrons. The Morgan fingerprint density at radius 2 is 1.80 bits per heavy atom. The summed E-state index contributed by atoms with van der Waals surface area (Å²) in [7, 11) is -2.77. The Morgan fingerprint density at radius 3 is 2.36 bits per heavy atom. The van der Waals surface area contributed by atoms with E-state index in [-0.39, 0.29) is 17.4 Å². The number of nitrogens with zero attached hydrogens (tertiary/aromatic N) is 1. The number of benzene rings is 1. The molecule has 2 amide bonds. The van der Waals surface area contributed by atoms with E-state index >= 15 is 0 Å². The number of carbonyl (C=O) groups is 2. The Bertz CT molecular complexity index is 671. The fourth-order valence-corrected chi connectivity index (χ4v) is 3.12. The molecule has 0 aliphatic heterocycles. The Kier molecular flexibility index (Phi) is 8.40. The van der Waals surface area contributed by atoms with Gasteiger partial charge in [0.25, 0.3) is 10.0 Å². The van der Waals surface area contributed by atoms with E-state index in [1.54, 1.807) is 19.1 Å². The second-order valence-corrected chi connectivity index (χ2v) is 7.49. The van der Waals surface area contributed by atoms with Crippen LogP contribution in [-0.2, 0) is 26.0 Å². The smallest absolute Gasteiger partial charge is 0.423 e. The molecule has 0 unspecified atom stereocenters. The third-order valence-electron chi connectivity index (χ3n) is 3.60. The SMILES string of the molecule is CCCCC(=O)NCCc1ccc(S(=O)(=O)N(C)C(=O)OCC)cc1. The molecule has 0 aliphatic carbocycles. The van der Waals surface area contributed by atoms with Crippen LogP contribution >= 0.6 is 0 Å². The summed E-state index contributed by atoms with van der Waals surface area (Å²) in [4.78, 5) is 23.1. The summed E-state index contributed by atoms with van der Waals surface area (Å²) < 4.78 is 30.0. The van der Waals surface area contributed by atoms with Gasteiger partial charge in [0.15, 0.2) is 0 Å². The Balaban J connectivity index is 2.63. The highest BCUT2D eigenvalue weighted by atomic mass is 32.2. The van der Waals surface area contributed by atoms with Crippen molar-refractivity contribution in [2.45, 2.75) is 44.4 Å². The predicted octanol–water partition coefficient (Wildman–Crippen LogP) is 2.31. The van der Waals surface area contributed by atoms with Gasteiger partial charge in [0, 0.05) is 20.0 Å². The monoisotopic (exact) mass is 370 g/mol. The highest BCUT2D eigenvalue weighted by molar-refractivity contribution is 7.89. The lowest BCUT2D eigenvalue weighted by atomic mass is 10.1. The van der Waals surface area contributed by atoms with Gasteiger partial charge >= 0.3 is 6.09 Å². The zero-order chi connectivity index (χ0) is 18.9. The van der Waals surface area contributed by atoms with Crippen molar-refractivity contribution in [3.63, 3.8) is 0 Å². The summed E-state index contributed by atoms with van der Waals surface area (Å²) in [6.07, 6.45) is 2.05.